The molecule has 0 radical (unpaired) electrons. The Morgan fingerprint density at radius 2 is 1.12 bits per heavy atom. The Bertz CT molecular complexity index is 664. The molecular weight excluding hydrogens is 334 g/mol. The zero-order valence-corrected chi connectivity index (χ0v) is 18.0. The molecule has 0 bridgehead atoms. The summed E-state index contributed by atoms with van der Waals surface area (Å²) >= 11 is 0. The van der Waals surface area contributed by atoms with E-state index in [9.17, 15) is 0 Å². The normalized spacial score (nSPS) is 12.1. The van der Waals surface area contributed by atoms with Crippen LogP contribution in [0.25, 0.3) is 5.09 Å². The molecule has 134 valence electrons. The van der Waals surface area contributed by atoms with Crippen molar-refractivity contribution >= 4 is 14.3 Å². The molecule has 0 saturated heterocycles. The zero-order chi connectivity index (χ0) is 18.7. The number of halogens is 1. The van der Waals surface area contributed by atoms with Gasteiger partial charge in [-0.25, -0.2) is 0 Å². The predicted molar refractivity (Wildman–Crippen MR) is 108 cm³/mol. The van der Waals surface area contributed by atoms with Crippen molar-refractivity contribution < 1.29 is 23.0 Å². The summed E-state index contributed by atoms with van der Waals surface area (Å²) in [5, 5.41) is 7.84. The standard InChI is InChI=1S/C21H28FN2Si.Li/c1-20(2,3)25(22,21(4,5)6)24-23-19(17-13-9-7-10-14-17)18-15-11-8-12-16-18;/h7-16H,1-6H3;/q-1;+1. The number of hydrogen-bond acceptors (Lipinski definition) is 1. The summed E-state index contributed by atoms with van der Waals surface area (Å²) in [6.07, 6.45) is 0. The molecule has 5 heteroatoms. The van der Waals surface area contributed by atoms with Crippen LogP contribution in [0.4, 0.5) is 4.11 Å². The van der Waals surface area contributed by atoms with E-state index in [0.29, 0.717) is 5.71 Å². The van der Waals surface area contributed by atoms with Gasteiger partial charge in [0.15, 0.2) is 8.57 Å². The summed E-state index contributed by atoms with van der Waals surface area (Å²) in [5.41, 5.74) is 2.59. The second-order valence-electron chi connectivity index (χ2n) is 8.40. The Balaban J connectivity index is 0.00000338. The molecule has 0 unspecified atom stereocenters. The third kappa shape index (κ3) is 4.88. The molecule has 0 fully saturated rings. The molecule has 0 spiro atoms. The first-order valence-electron chi connectivity index (χ1n) is 8.66. The van der Waals surface area contributed by atoms with E-state index >= 15 is 4.11 Å². The van der Waals surface area contributed by atoms with E-state index in [1.54, 1.807) is 0 Å². The van der Waals surface area contributed by atoms with Gasteiger partial charge >= 0.3 is 18.9 Å². The fourth-order valence-corrected chi connectivity index (χ4v) is 6.11. The van der Waals surface area contributed by atoms with Gasteiger partial charge in [-0.1, -0.05) is 102 Å². The monoisotopic (exact) mass is 362 g/mol. The minimum absolute atomic E-state index is 0. The number of rotatable bonds is 4. The van der Waals surface area contributed by atoms with Crippen molar-refractivity contribution in [1.82, 2.24) is 0 Å². The maximum Gasteiger partial charge on any atom is 1.00 e. The number of hydrogen-bond donors (Lipinski definition) is 0. The van der Waals surface area contributed by atoms with E-state index in [1.807, 2.05) is 102 Å². The van der Waals surface area contributed by atoms with Gasteiger partial charge in [-0.15, -0.1) is 0 Å². The minimum Gasteiger partial charge on any atom is -0.578 e. The van der Waals surface area contributed by atoms with Crippen molar-refractivity contribution in [3.63, 3.8) is 0 Å². The molecule has 0 saturated carbocycles. The van der Waals surface area contributed by atoms with Crippen molar-refractivity contribution in [2.75, 3.05) is 0 Å². The summed E-state index contributed by atoms with van der Waals surface area (Å²) in [7, 11) is -3.54. The predicted octanol–water partition coefficient (Wildman–Crippen LogP) is 3.83. The zero-order valence-electron chi connectivity index (χ0n) is 17.0. The van der Waals surface area contributed by atoms with Gasteiger partial charge < -0.3 is 14.3 Å². The van der Waals surface area contributed by atoms with Crippen LogP contribution in [0.3, 0.4) is 0 Å². The summed E-state index contributed by atoms with van der Waals surface area (Å²) in [5.74, 6) is 0. The molecule has 0 atom stereocenters. The van der Waals surface area contributed by atoms with E-state index in [0.717, 1.165) is 11.1 Å². The van der Waals surface area contributed by atoms with Gasteiger partial charge in [0.1, 0.15) is 0 Å². The van der Waals surface area contributed by atoms with Gasteiger partial charge in [0.25, 0.3) is 0 Å². The van der Waals surface area contributed by atoms with Gasteiger partial charge in [-0.2, -0.15) is 0 Å². The van der Waals surface area contributed by atoms with Crippen LogP contribution in [-0.2, 0) is 0 Å². The van der Waals surface area contributed by atoms with Crippen LogP contribution in [0.5, 0.6) is 0 Å². The Labute approximate surface area is 170 Å². The Kier molecular flexibility index (Phi) is 7.47. The van der Waals surface area contributed by atoms with Crippen molar-refractivity contribution in [2.24, 2.45) is 5.10 Å². The van der Waals surface area contributed by atoms with Crippen LogP contribution in [0.15, 0.2) is 65.8 Å². The fraction of sp³-hybridized carbons (Fsp3) is 0.381. The van der Waals surface area contributed by atoms with Gasteiger partial charge in [0, 0.05) is 0 Å². The van der Waals surface area contributed by atoms with Crippen LogP contribution in [0.2, 0.25) is 10.1 Å². The molecule has 0 amide bonds. The van der Waals surface area contributed by atoms with Crippen molar-refractivity contribution in [3.8, 4) is 0 Å². The Morgan fingerprint density at radius 3 is 1.42 bits per heavy atom. The van der Waals surface area contributed by atoms with Crippen LogP contribution in [-0.4, -0.2) is 14.3 Å². The largest absolute Gasteiger partial charge is 1.00 e. The molecule has 0 aliphatic heterocycles. The average molecular weight is 362 g/mol. The average Bonchev–Trinajstić information content (AvgIpc) is 2.55. The minimum atomic E-state index is -3.54. The van der Waals surface area contributed by atoms with Gasteiger partial charge in [0.2, 0.25) is 0 Å². The molecular formula is C21H28FLiN2Si. The molecule has 0 heterocycles. The molecule has 2 rings (SSSR count). The van der Waals surface area contributed by atoms with Crippen LogP contribution in [0.1, 0.15) is 52.7 Å². The molecule has 2 nitrogen and oxygen atoms in total. The van der Waals surface area contributed by atoms with E-state index in [2.05, 4.69) is 10.2 Å². The molecule has 2 aromatic rings. The van der Waals surface area contributed by atoms with Gasteiger partial charge in [0.05, 0.1) is 5.71 Å². The number of benzene rings is 2. The third-order valence-corrected chi connectivity index (χ3v) is 8.72. The first-order valence-corrected chi connectivity index (χ1v) is 10.5. The molecule has 0 aliphatic rings. The van der Waals surface area contributed by atoms with Gasteiger partial charge in [-0.3, -0.25) is 0 Å². The third-order valence-electron chi connectivity index (χ3n) is 4.37. The Hall–Kier alpha value is -1.35. The molecule has 0 N–H and O–H groups in total. The topological polar surface area (TPSA) is 26.5 Å². The first kappa shape index (κ1) is 22.7. The van der Waals surface area contributed by atoms with Crippen LogP contribution < -0.4 is 18.9 Å². The SMILES string of the molecule is CC(C)(C)[Si](F)([N-]N=C(c1ccccc1)c1ccccc1)C(C)(C)C.[Li+]. The first-order chi connectivity index (χ1) is 11.6. The van der Waals surface area contributed by atoms with Crippen molar-refractivity contribution in [2.45, 2.75) is 51.6 Å². The van der Waals surface area contributed by atoms with E-state index in [1.165, 1.54) is 0 Å². The van der Waals surface area contributed by atoms with Crippen LogP contribution in [0, 0.1) is 0 Å². The van der Waals surface area contributed by atoms with Crippen molar-refractivity contribution in [1.29, 1.82) is 0 Å². The van der Waals surface area contributed by atoms with E-state index in [4.69, 9.17) is 0 Å². The van der Waals surface area contributed by atoms with Gasteiger partial charge in [-0.05, 0) is 21.2 Å². The maximum atomic E-state index is 16.1. The molecule has 2 aromatic carbocycles. The van der Waals surface area contributed by atoms with Crippen LogP contribution >= 0.6 is 0 Å². The molecule has 0 aliphatic carbocycles. The fourth-order valence-electron chi connectivity index (χ4n) is 3.02. The summed E-state index contributed by atoms with van der Waals surface area (Å²) in [4.78, 5) is 0. The smallest absolute Gasteiger partial charge is 0.578 e. The quantitative estimate of drug-likeness (QED) is 0.342. The molecule has 26 heavy (non-hydrogen) atoms. The van der Waals surface area contributed by atoms with Crippen molar-refractivity contribution in [3.05, 3.63) is 76.9 Å². The Morgan fingerprint density at radius 1 is 0.769 bits per heavy atom. The maximum absolute atomic E-state index is 16.1. The summed E-state index contributed by atoms with van der Waals surface area (Å²) in [6.45, 7) is 11.5. The molecule has 0 aromatic heterocycles. The second kappa shape index (κ2) is 8.56. The van der Waals surface area contributed by atoms with E-state index in [-0.39, 0.29) is 18.9 Å². The second-order valence-corrected chi connectivity index (χ2v) is 12.8. The summed E-state index contributed by atoms with van der Waals surface area (Å²) < 4.78 is 16.1. The summed E-state index contributed by atoms with van der Waals surface area (Å²) in [6, 6.07) is 19.7. The van der Waals surface area contributed by atoms with E-state index < -0.39 is 18.6 Å². The number of nitrogens with zero attached hydrogens (tertiary/aromatic N) is 2.